The first-order valence-corrected chi connectivity index (χ1v) is 7.67. The monoisotopic (exact) mass is 341 g/mol. The second-order valence-electron chi connectivity index (χ2n) is 3.97. The lowest BCUT2D eigenvalue weighted by atomic mass is 10.2. The molecule has 19 heavy (non-hydrogen) atoms. The Bertz CT molecular complexity index is 717. The van der Waals surface area contributed by atoms with E-state index < -0.39 is 10.0 Å². The number of anilines is 2. The van der Waals surface area contributed by atoms with E-state index in [1.165, 1.54) is 6.07 Å². The second kappa shape index (κ2) is 5.18. The lowest BCUT2D eigenvalue weighted by Gasteiger charge is -2.11. The first-order valence-electron chi connectivity index (χ1n) is 5.39. The first kappa shape index (κ1) is 13.8. The van der Waals surface area contributed by atoms with Gasteiger partial charge in [-0.3, -0.25) is 4.72 Å². The molecule has 2 aromatic rings. The summed E-state index contributed by atoms with van der Waals surface area (Å²) in [6.07, 6.45) is 1.57. The van der Waals surface area contributed by atoms with Crippen molar-refractivity contribution in [3.8, 4) is 0 Å². The van der Waals surface area contributed by atoms with E-state index >= 15 is 0 Å². The maximum Gasteiger partial charge on any atom is 0.262 e. The van der Waals surface area contributed by atoms with Crippen LogP contribution in [0.25, 0.3) is 0 Å². The van der Waals surface area contributed by atoms with Crippen molar-refractivity contribution in [2.24, 2.45) is 0 Å². The van der Waals surface area contributed by atoms with Gasteiger partial charge in [-0.25, -0.2) is 13.4 Å². The van der Waals surface area contributed by atoms with Gasteiger partial charge in [0.25, 0.3) is 10.0 Å². The number of benzene rings is 1. The molecular formula is C12H12BrN3O2S. The third-order valence-corrected chi connectivity index (χ3v) is 4.65. The van der Waals surface area contributed by atoms with Crippen molar-refractivity contribution in [3.63, 3.8) is 0 Å². The van der Waals surface area contributed by atoms with Crippen molar-refractivity contribution in [1.82, 2.24) is 4.98 Å². The fourth-order valence-corrected chi connectivity index (χ4v) is 3.41. The van der Waals surface area contributed by atoms with Gasteiger partial charge in [0.15, 0.2) is 0 Å². The smallest absolute Gasteiger partial charge is 0.262 e. The van der Waals surface area contributed by atoms with Crippen LogP contribution in [0.1, 0.15) is 5.56 Å². The van der Waals surface area contributed by atoms with Crippen LogP contribution < -0.4 is 10.5 Å². The van der Waals surface area contributed by atoms with Crippen molar-refractivity contribution in [2.45, 2.75) is 11.8 Å². The molecule has 0 saturated heterocycles. The number of pyridine rings is 1. The highest BCUT2D eigenvalue weighted by Gasteiger charge is 2.18. The standard InChI is InChI=1S/C12H12BrN3O2S/c1-8-7-9(14)4-5-11(8)19(17,18)16-10-3-2-6-15-12(10)13/h2-7,16H,14H2,1H3. The van der Waals surface area contributed by atoms with Crippen molar-refractivity contribution >= 4 is 37.3 Å². The summed E-state index contributed by atoms with van der Waals surface area (Å²) in [5.74, 6) is 0. The van der Waals surface area contributed by atoms with E-state index in [0.717, 1.165) is 0 Å². The molecule has 0 saturated carbocycles. The van der Waals surface area contributed by atoms with Crippen molar-refractivity contribution in [3.05, 3.63) is 46.7 Å². The first-order chi connectivity index (χ1) is 8.90. The predicted octanol–water partition coefficient (Wildman–Crippen LogP) is 2.54. The molecule has 0 atom stereocenters. The number of nitrogens with one attached hydrogen (secondary N) is 1. The highest BCUT2D eigenvalue weighted by atomic mass is 79.9. The predicted molar refractivity (Wildman–Crippen MR) is 78.3 cm³/mol. The molecule has 1 heterocycles. The Balaban J connectivity index is 2.41. The summed E-state index contributed by atoms with van der Waals surface area (Å²) in [4.78, 5) is 4.16. The highest BCUT2D eigenvalue weighted by molar-refractivity contribution is 9.10. The third kappa shape index (κ3) is 3.05. The molecule has 0 amide bonds. The minimum atomic E-state index is -3.66. The van der Waals surface area contributed by atoms with Gasteiger partial charge in [-0.15, -0.1) is 0 Å². The Morgan fingerprint density at radius 3 is 2.68 bits per heavy atom. The zero-order valence-electron chi connectivity index (χ0n) is 10.1. The van der Waals surface area contributed by atoms with Gasteiger partial charge in [0.1, 0.15) is 4.60 Å². The summed E-state index contributed by atoms with van der Waals surface area (Å²) in [6, 6.07) is 7.93. The molecule has 0 unspecified atom stereocenters. The molecule has 1 aromatic heterocycles. The Kier molecular flexibility index (Phi) is 3.77. The number of aryl methyl sites for hydroxylation is 1. The number of rotatable bonds is 3. The van der Waals surface area contributed by atoms with Gasteiger partial charge in [0.05, 0.1) is 10.6 Å². The van der Waals surface area contributed by atoms with E-state index in [-0.39, 0.29) is 4.90 Å². The van der Waals surface area contributed by atoms with Gasteiger partial charge in [-0.2, -0.15) is 0 Å². The molecular weight excluding hydrogens is 330 g/mol. The topological polar surface area (TPSA) is 85.1 Å². The van der Waals surface area contributed by atoms with Gasteiger partial charge in [0.2, 0.25) is 0 Å². The van der Waals surface area contributed by atoms with Gasteiger partial charge in [-0.05, 0) is 58.7 Å². The number of halogens is 1. The number of nitrogens with zero attached hydrogens (tertiary/aromatic N) is 1. The van der Waals surface area contributed by atoms with Crippen LogP contribution >= 0.6 is 15.9 Å². The fourth-order valence-electron chi connectivity index (χ4n) is 1.64. The molecule has 0 spiro atoms. The number of hydrogen-bond donors (Lipinski definition) is 2. The average Bonchev–Trinajstić information content (AvgIpc) is 2.31. The molecule has 0 aliphatic rings. The van der Waals surface area contributed by atoms with Crippen molar-refractivity contribution < 1.29 is 8.42 Å². The van der Waals surface area contributed by atoms with Crippen molar-refractivity contribution in [1.29, 1.82) is 0 Å². The largest absolute Gasteiger partial charge is 0.399 e. The highest BCUT2D eigenvalue weighted by Crippen LogP contribution is 2.24. The van der Waals surface area contributed by atoms with E-state index in [2.05, 4.69) is 25.6 Å². The summed E-state index contributed by atoms with van der Waals surface area (Å²) >= 11 is 3.19. The molecule has 7 heteroatoms. The number of nitrogens with two attached hydrogens (primary N) is 1. The average molecular weight is 342 g/mol. The minimum absolute atomic E-state index is 0.192. The van der Waals surface area contributed by atoms with Crippen LogP contribution in [0.4, 0.5) is 11.4 Å². The quantitative estimate of drug-likeness (QED) is 0.663. The summed E-state index contributed by atoms with van der Waals surface area (Å²) < 4.78 is 27.5. The maximum atomic E-state index is 12.3. The lowest BCUT2D eigenvalue weighted by Crippen LogP contribution is -2.15. The van der Waals surface area contributed by atoms with E-state index in [1.54, 1.807) is 37.4 Å². The maximum absolute atomic E-state index is 12.3. The molecule has 2 rings (SSSR count). The van der Waals surface area contributed by atoms with Crippen LogP contribution in [0.15, 0.2) is 46.0 Å². The number of nitrogen functional groups attached to an aromatic ring is 1. The summed E-state index contributed by atoms with van der Waals surface area (Å²) in [5.41, 5.74) is 7.12. The van der Waals surface area contributed by atoms with E-state index in [0.29, 0.717) is 21.5 Å². The molecule has 3 N–H and O–H groups in total. The van der Waals surface area contributed by atoms with Crippen LogP contribution in [0.3, 0.4) is 0 Å². The molecule has 1 aromatic carbocycles. The van der Waals surface area contributed by atoms with E-state index in [1.807, 2.05) is 0 Å². The van der Waals surface area contributed by atoms with E-state index in [9.17, 15) is 8.42 Å². The molecule has 0 fully saturated rings. The normalized spacial score (nSPS) is 11.3. The Hall–Kier alpha value is -1.60. The number of sulfonamides is 1. The molecule has 0 aliphatic heterocycles. The summed E-state index contributed by atoms with van der Waals surface area (Å²) in [6.45, 7) is 1.70. The van der Waals surface area contributed by atoms with E-state index in [4.69, 9.17) is 5.73 Å². The molecule has 0 aliphatic carbocycles. The molecule has 5 nitrogen and oxygen atoms in total. The van der Waals surface area contributed by atoms with Crippen molar-refractivity contribution in [2.75, 3.05) is 10.5 Å². The lowest BCUT2D eigenvalue weighted by molar-refractivity contribution is 0.600. The Labute approximate surface area is 120 Å². The Morgan fingerprint density at radius 2 is 2.05 bits per heavy atom. The second-order valence-corrected chi connectivity index (χ2v) is 6.37. The van der Waals surface area contributed by atoms with Gasteiger partial charge >= 0.3 is 0 Å². The minimum Gasteiger partial charge on any atom is -0.399 e. The van der Waals surface area contributed by atoms with Crippen LogP contribution in [0.2, 0.25) is 0 Å². The number of aromatic nitrogens is 1. The zero-order chi connectivity index (χ0) is 14.0. The van der Waals surface area contributed by atoms with Crippen LogP contribution in [0, 0.1) is 6.92 Å². The van der Waals surface area contributed by atoms with Crippen LogP contribution in [-0.2, 0) is 10.0 Å². The zero-order valence-corrected chi connectivity index (χ0v) is 12.5. The van der Waals surface area contributed by atoms with Crippen LogP contribution in [0.5, 0.6) is 0 Å². The summed E-state index contributed by atoms with van der Waals surface area (Å²) in [7, 11) is -3.66. The van der Waals surface area contributed by atoms with Gasteiger partial charge in [-0.1, -0.05) is 0 Å². The van der Waals surface area contributed by atoms with Gasteiger partial charge in [0, 0.05) is 11.9 Å². The molecule has 0 radical (unpaired) electrons. The summed E-state index contributed by atoms with van der Waals surface area (Å²) in [5, 5.41) is 0. The van der Waals surface area contributed by atoms with Crippen LogP contribution in [-0.4, -0.2) is 13.4 Å². The SMILES string of the molecule is Cc1cc(N)ccc1S(=O)(=O)Nc1cccnc1Br. The Morgan fingerprint density at radius 1 is 1.32 bits per heavy atom. The third-order valence-electron chi connectivity index (χ3n) is 2.49. The molecule has 0 bridgehead atoms. The number of hydrogen-bond acceptors (Lipinski definition) is 4. The molecule has 100 valence electrons. The van der Waals surface area contributed by atoms with Gasteiger partial charge < -0.3 is 5.73 Å². The fraction of sp³-hybridized carbons (Fsp3) is 0.0833.